The van der Waals surface area contributed by atoms with Crippen LogP contribution in [0.1, 0.15) is 56.8 Å². The lowest BCUT2D eigenvalue weighted by atomic mass is 10.1. The van der Waals surface area contributed by atoms with Gasteiger partial charge in [0.1, 0.15) is 12.1 Å². The quantitative estimate of drug-likeness (QED) is 0.457. The van der Waals surface area contributed by atoms with E-state index in [2.05, 4.69) is 30.9 Å². The Hall–Kier alpha value is -4.09. The van der Waals surface area contributed by atoms with Crippen molar-refractivity contribution in [1.82, 2.24) is 35.6 Å². The van der Waals surface area contributed by atoms with Crippen molar-refractivity contribution in [3.63, 3.8) is 0 Å². The number of methoxy groups -OCH3 is 1. The maximum absolute atomic E-state index is 14.7. The molecule has 1 aromatic carbocycles. The summed E-state index contributed by atoms with van der Waals surface area (Å²) in [6.45, 7) is -2.80. The SMILES string of the molecule is [2H]C([2H])([2H])NC(=O)c1nnc(C(=O)NC2CC2)cc1Nc1cc(F)cc(-c2ncn(C3CC3)n2)c1OC. The van der Waals surface area contributed by atoms with E-state index in [0.717, 1.165) is 31.7 Å². The Morgan fingerprint density at radius 2 is 1.97 bits per heavy atom. The van der Waals surface area contributed by atoms with Crippen molar-refractivity contribution in [2.75, 3.05) is 19.4 Å². The minimum Gasteiger partial charge on any atom is -0.494 e. The Morgan fingerprint density at radius 3 is 2.68 bits per heavy atom. The second-order valence-corrected chi connectivity index (χ2v) is 8.13. The molecule has 5 rings (SSSR count). The molecule has 0 bridgehead atoms. The van der Waals surface area contributed by atoms with Crippen LogP contribution in [0.3, 0.4) is 0 Å². The number of aromatic nitrogens is 5. The third-order valence-corrected chi connectivity index (χ3v) is 5.47. The molecule has 2 aromatic heterocycles. The highest BCUT2D eigenvalue weighted by Crippen LogP contribution is 2.39. The van der Waals surface area contributed by atoms with Crippen molar-refractivity contribution in [2.24, 2.45) is 0 Å². The molecular weight excluding hydrogens is 443 g/mol. The number of nitrogens with one attached hydrogen (secondary N) is 3. The number of carbonyl (C=O) groups is 2. The molecule has 2 saturated carbocycles. The molecule has 0 unspecified atom stereocenters. The van der Waals surface area contributed by atoms with Gasteiger partial charge in [0.2, 0.25) is 0 Å². The van der Waals surface area contributed by atoms with E-state index >= 15 is 0 Å². The van der Waals surface area contributed by atoms with Crippen LogP contribution in [0.4, 0.5) is 15.8 Å². The van der Waals surface area contributed by atoms with Gasteiger partial charge in [-0.2, -0.15) is 5.10 Å². The summed E-state index contributed by atoms with van der Waals surface area (Å²) in [7, 11) is 1.38. The smallest absolute Gasteiger partial charge is 0.273 e. The number of hydrogen-bond acceptors (Lipinski definition) is 8. The largest absolute Gasteiger partial charge is 0.494 e. The maximum Gasteiger partial charge on any atom is 0.273 e. The van der Waals surface area contributed by atoms with Crippen molar-refractivity contribution in [3.05, 3.63) is 41.7 Å². The molecule has 12 heteroatoms. The van der Waals surface area contributed by atoms with Crippen molar-refractivity contribution in [3.8, 4) is 17.1 Å². The molecule has 2 amide bonds. The van der Waals surface area contributed by atoms with E-state index in [-0.39, 0.29) is 46.3 Å². The van der Waals surface area contributed by atoms with E-state index in [4.69, 9.17) is 8.85 Å². The molecule has 2 aliphatic carbocycles. The molecule has 34 heavy (non-hydrogen) atoms. The van der Waals surface area contributed by atoms with Crippen LogP contribution in [-0.2, 0) is 0 Å². The second-order valence-electron chi connectivity index (χ2n) is 8.13. The van der Waals surface area contributed by atoms with Gasteiger partial charge in [-0.1, -0.05) is 0 Å². The zero-order valence-electron chi connectivity index (χ0n) is 21.1. The van der Waals surface area contributed by atoms with Crippen LogP contribution in [-0.4, -0.2) is 56.9 Å². The first-order valence-corrected chi connectivity index (χ1v) is 10.7. The van der Waals surface area contributed by atoms with Gasteiger partial charge < -0.3 is 20.7 Å². The van der Waals surface area contributed by atoms with Gasteiger partial charge in [0.15, 0.2) is 23.0 Å². The summed E-state index contributed by atoms with van der Waals surface area (Å²) in [5, 5.41) is 19.5. The molecule has 176 valence electrons. The number of hydrogen-bond donors (Lipinski definition) is 3. The van der Waals surface area contributed by atoms with Gasteiger partial charge in [-0.15, -0.1) is 10.2 Å². The molecule has 0 aliphatic heterocycles. The lowest BCUT2D eigenvalue weighted by Crippen LogP contribution is -2.28. The number of nitrogens with zero attached hydrogens (tertiary/aromatic N) is 5. The molecule has 3 aromatic rings. The number of rotatable bonds is 8. The Bertz CT molecular complexity index is 1370. The summed E-state index contributed by atoms with van der Waals surface area (Å²) in [6.07, 6.45) is 5.24. The minimum absolute atomic E-state index is 0.0399. The van der Waals surface area contributed by atoms with Gasteiger partial charge in [0.05, 0.1) is 30.1 Å². The first-order valence-electron chi connectivity index (χ1n) is 12.2. The molecule has 0 radical (unpaired) electrons. The maximum atomic E-state index is 14.7. The molecule has 3 N–H and O–H groups in total. The van der Waals surface area contributed by atoms with Gasteiger partial charge in [-0.25, -0.2) is 14.1 Å². The van der Waals surface area contributed by atoms with Crippen molar-refractivity contribution >= 4 is 23.2 Å². The normalized spacial score (nSPS) is 16.7. The number of benzene rings is 1. The first kappa shape index (κ1) is 18.3. The highest BCUT2D eigenvalue weighted by molar-refractivity contribution is 6.00. The summed E-state index contributed by atoms with van der Waals surface area (Å²) >= 11 is 0. The lowest BCUT2D eigenvalue weighted by molar-refractivity contribution is 0.0935. The van der Waals surface area contributed by atoms with Gasteiger partial charge in [0.25, 0.3) is 11.8 Å². The Labute approximate surface area is 198 Å². The molecule has 2 fully saturated rings. The monoisotopic (exact) mass is 469 g/mol. The highest BCUT2D eigenvalue weighted by atomic mass is 19.1. The van der Waals surface area contributed by atoms with E-state index in [9.17, 15) is 14.0 Å². The predicted octanol–water partition coefficient (Wildman–Crippen LogP) is 2.21. The number of halogens is 1. The summed E-state index contributed by atoms with van der Waals surface area (Å²) < 4.78 is 44.0. The van der Waals surface area contributed by atoms with Crippen molar-refractivity contribution < 1.29 is 22.8 Å². The van der Waals surface area contributed by atoms with Crippen LogP contribution in [0.15, 0.2) is 24.5 Å². The van der Waals surface area contributed by atoms with Gasteiger partial charge in [-0.3, -0.25) is 9.59 Å². The van der Waals surface area contributed by atoms with Gasteiger partial charge in [-0.05, 0) is 37.8 Å². The van der Waals surface area contributed by atoms with Crippen LogP contribution < -0.4 is 20.7 Å². The average molecular weight is 469 g/mol. The fourth-order valence-corrected chi connectivity index (χ4v) is 3.44. The van der Waals surface area contributed by atoms with Gasteiger partial charge >= 0.3 is 0 Å². The molecule has 2 heterocycles. The van der Waals surface area contributed by atoms with Crippen molar-refractivity contribution in [2.45, 2.75) is 37.8 Å². The molecule has 2 aliphatic rings. The Kier molecular flexibility index (Phi) is 4.69. The van der Waals surface area contributed by atoms with E-state index in [0.29, 0.717) is 0 Å². The van der Waals surface area contributed by atoms with Gasteiger partial charge in [0, 0.05) is 23.2 Å². The van der Waals surface area contributed by atoms with E-state index in [1.165, 1.54) is 19.2 Å². The first-order chi connectivity index (χ1) is 17.6. The average Bonchev–Trinajstić information content (AvgIpc) is 3.77. The lowest BCUT2D eigenvalue weighted by Gasteiger charge is -2.16. The third-order valence-electron chi connectivity index (χ3n) is 5.47. The molecule has 0 atom stereocenters. The summed E-state index contributed by atoms with van der Waals surface area (Å²) in [6, 6.07) is 3.89. The molecule has 0 spiro atoms. The minimum atomic E-state index is -2.80. The summed E-state index contributed by atoms with van der Waals surface area (Å²) in [4.78, 5) is 29.5. The molecule has 0 saturated heterocycles. The van der Waals surface area contributed by atoms with Crippen LogP contribution >= 0.6 is 0 Å². The van der Waals surface area contributed by atoms with E-state index < -0.39 is 30.3 Å². The standard InChI is InChI=1S/C22H23FN8O3/c1-24-22(33)18-15(9-17(28-29-18)21(32)26-12-3-4-12)27-16-8-11(23)7-14(19(16)34-2)20-25-10-31(30-20)13-5-6-13/h7-10,12-13H,3-6H2,1-2H3,(H,24,33)(H,26,32)(H,27,28)/i1D3. The zero-order valence-corrected chi connectivity index (χ0v) is 18.1. The summed E-state index contributed by atoms with van der Waals surface area (Å²) in [5.41, 5.74) is -0.274. The zero-order chi connectivity index (χ0) is 26.3. The molecule has 11 nitrogen and oxygen atoms in total. The summed E-state index contributed by atoms with van der Waals surface area (Å²) in [5.74, 6) is -1.82. The van der Waals surface area contributed by atoms with Crippen LogP contribution in [0, 0.1) is 5.82 Å². The van der Waals surface area contributed by atoms with E-state index in [1.54, 1.807) is 11.0 Å². The van der Waals surface area contributed by atoms with Crippen LogP contribution in [0.2, 0.25) is 0 Å². The fourth-order valence-electron chi connectivity index (χ4n) is 3.44. The Morgan fingerprint density at radius 1 is 1.15 bits per heavy atom. The predicted molar refractivity (Wildman–Crippen MR) is 119 cm³/mol. The van der Waals surface area contributed by atoms with E-state index in [1.807, 2.05) is 5.32 Å². The van der Waals surface area contributed by atoms with Crippen LogP contribution in [0.5, 0.6) is 5.75 Å². The Balaban J connectivity index is 1.54. The third kappa shape index (κ3) is 4.38. The van der Waals surface area contributed by atoms with Crippen LogP contribution in [0.25, 0.3) is 11.4 Å². The second kappa shape index (κ2) is 8.69. The highest BCUT2D eigenvalue weighted by Gasteiger charge is 2.28. The molecular formula is C22H23FN8O3. The van der Waals surface area contributed by atoms with Crippen molar-refractivity contribution in [1.29, 1.82) is 0 Å². The number of anilines is 2. The topological polar surface area (TPSA) is 136 Å². The number of carbonyl (C=O) groups excluding carboxylic acids is 2. The fraction of sp³-hybridized carbons (Fsp3) is 0.364. The number of ether oxygens (including phenoxy) is 1. The number of amides is 2.